The first kappa shape index (κ1) is 28.0. The highest BCUT2D eigenvalue weighted by molar-refractivity contribution is 6.23. The summed E-state index contributed by atoms with van der Waals surface area (Å²) in [6, 6.07) is 68.4. The number of hydrogen-bond donors (Lipinski definition) is 0. The zero-order chi connectivity index (χ0) is 33.5. The van der Waals surface area contributed by atoms with E-state index in [-0.39, 0.29) is 0 Å². The Balaban J connectivity index is 1.20. The van der Waals surface area contributed by atoms with Crippen LogP contribution in [0.25, 0.3) is 93.6 Å². The molecular weight excluding hydrogens is 619 g/mol. The second-order valence-electron chi connectivity index (χ2n) is 13.4. The van der Waals surface area contributed by atoms with E-state index in [1.807, 2.05) is 0 Å². The predicted molar refractivity (Wildman–Crippen MR) is 215 cm³/mol. The second-order valence-corrected chi connectivity index (χ2v) is 13.4. The zero-order valence-corrected chi connectivity index (χ0v) is 27.7. The Morgan fingerprint density at radius 3 is 1.16 bits per heavy atom. The fraction of sp³-hybridized carbons (Fsp3) is 0. The van der Waals surface area contributed by atoms with Crippen molar-refractivity contribution in [2.45, 2.75) is 0 Å². The molecule has 0 aliphatic heterocycles. The van der Waals surface area contributed by atoms with Crippen LogP contribution >= 0.6 is 0 Å². The molecule has 0 aliphatic carbocycles. The van der Waals surface area contributed by atoms with Crippen molar-refractivity contribution in [1.29, 1.82) is 0 Å². The van der Waals surface area contributed by atoms with Gasteiger partial charge >= 0.3 is 0 Å². The van der Waals surface area contributed by atoms with Crippen LogP contribution in [0.2, 0.25) is 0 Å². The Bertz CT molecular complexity index is 3070. The topological polar surface area (TPSA) is 14.8 Å². The lowest BCUT2D eigenvalue weighted by molar-refractivity contribution is 1.13. The van der Waals surface area contributed by atoms with Crippen LogP contribution in [0.1, 0.15) is 0 Å². The molecule has 0 amide bonds. The highest BCUT2D eigenvalue weighted by Gasteiger charge is 2.21. The van der Waals surface area contributed by atoms with Crippen LogP contribution in [0, 0.1) is 0 Å². The maximum Gasteiger partial charge on any atom is 0.0788 e. The molecule has 0 N–H and O–H groups in total. The Kier molecular flexibility index (Phi) is 5.96. The van der Waals surface area contributed by atoms with E-state index in [0.29, 0.717) is 0 Å². The molecule has 3 heterocycles. The van der Waals surface area contributed by atoms with Crippen molar-refractivity contribution in [3.8, 4) is 28.2 Å². The van der Waals surface area contributed by atoms with Gasteiger partial charge in [-0.1, -0.05) is 127 Å². The van der Waals surface area contributed by atoms with Gasteiger partial charge in [0.1, 0.15) is 0 Å². The monoisotopic (exact) mass is 649 g/mol. The normalized spacial score (nSPS) is 11.9. The number of fused-ring (bicyclic) bond motifs is 10. The van der Waals surface area contributed by atoms with Crippen LogP contribution in [0.3, 0.4) is 0 Å². The van der Waals surface area contributed by atoms with E-state index in [4.69, 9.17) is 0 Å². The zero-order valence-electron chi connectivity index (χ0n) is 27.7. The van der Waals surface area contributed by atoms with Gasteiger partial charge in [0.05, 0.1) is 33.1 Å². The third kappa shape index (κ3) is 4.06. The summed E-state index contributed by atoms with van der Waals surface area (Å²) in [4.78, 5) is 0. The first-order chi connectivity index (χ1) is 25.3. The molecule has 3 heteroatoms. The molecule has 8 aromatic carbocycles. The maximum absolute atomic E-state index is 2.47. The molecule has 0 saturated heterocycles. The lowest BCUT2D eigenvalue weighted by atomic mass is 10.1. The Morgan fingerprint density at radius 2 is 0.627 bits per heavy atom. The minimum atomic E-state index is 1.13. The summed E-state index contributed by atoms with van der Waals surface area (Å²) in [5.41, 5.74) is 13.1. The smallest absolute Gasteiger partial charge is 0.0788 e. The minimum absolute atomic E-state index is 1.13. The molecule has 0 radical (unpaired) electrons. The van der Waals surface area contributed by atoms with Gasteiger partial charge in [0.25, 0.3) is 0 Å². The highest BCUT2D eigenvalue weighted by Crippen LogP contribution is 2.42. The summed E-state index contributed by atoms with van der Waals surface area (Å²) >= 11 is 0. The lowest BCUT2D eigenvalue weighted by Gasteiger charge is -2.14. The summed E-state index contributed by atoms with van der Waals surface area (Å²) in [7, 11) is 0. The standard InChI is InChI=1S/C48H31N3/c1-2-13-32(14-3-1)33-15-12-16-36(31-33)51-46-24-11-7-20-40(46)42-30-29-41-39-19-6-10-23-45(39)50(47(41)48(42)51)35-27-25-34(26-28-35)49-43-21-8-4-17-37(43)38-18-5-9-22-44(38)49/h1-31H. The molecular formula is C48H31N3. The minimum Gasteiger partial charge on any atom is -0.309 e. The van der Waals surface area contributed by atoms with Crippen molar-refractivity contribution < 1.29 is 0 Å². The summed E-state index contributed by atoms with van der Waals surface area (Å²) in [5.74, 6) is 0. The van der Waals surface area contributed by atoms with Crippen molar-refractivity contribution in [1.82, 2.24) is 13.7 Å². The number of benzene rings is 8. The average molecular weight is 650 g/mol. The number of hydrogen-bond acceptors (Lipinski definition) is 0. The van der Waals surface area contributed by atoms with Gasteiger partial charge in [-0.2, -0.15) is 0 Å². The van der Waals surface area contributed by atoms with Crippen LogP contribution in [-0.2, 0) is 0 Å². The van der Waals surface area contributed by atoms with Crippen molar-refractivity contribution in [2.75, 3.05) is 0 Å². The fourth-order valence-corrected chi connectivity index (χ4v) is 8.44. The largest absolute Gasteiger partial charge is 0.309 e. The average Bonchev–Trinajstić information content (AvgIpc) is 3.84. The van der Waals surface area contributed by atoms with Gasteiger partial charge < -0.3 is 13.7 Å². The first-order valence-corrected chi connectivity index (χ1v) is 17.5. The van der Waals surface area contributed by atoms with Crippen LogP contribution in [0.5, 0.6) is 0 Å². The number of para-hydroxylation sites is 4. The molecule has 0 spiro atoms. The third-order valence-corrected chi connectivity index (χ3v) is 10.6. The molecule has 0 fully saturated rings. The quantitative estimate of drug-likeness (QED) is 0.180. The van der Waals surface area contributed by atoms with Gasteiger partial charge in [0, 0.05) is 49.4 Å². The van der Waals surface area contributed by atoms with Gasteiger partial charge in [0.2, 0.25) is 0 Å². The van der Waals surface area contributed by atoms with Crippen LogP contribution in [0.15, 0.2) is 188 Å². The van der Waals surface area contributed by atoms with Crippen LogP contribution < -0.4 is 0 Å². The molecule has 0 aliphatic rings. The number of nitrogens with zero attached hydrogens (tertiary/aromatic N) is 3. The summed E-state index contributed by atoms with van der Waals surface area (Å²) in [6.45, 7) is 0. The molecule has 0 saturated carbocycles. The first-order valence-electron chi connectivity index (χ1n) is 17.5. The SMILES string of the molecule is c1ccc(-c2cccc(-n3c4ccccc4c4ccc5c6ccccc6n(-c6ccc(-n7c8ccccc8c8ccccc87)cc6)c5c43)c2)cc1. The van der Waals surface area contributed by atoms with Crippen molar-refractivity contribution in [3.05, 3.63) is 188 Å². The molecule has 11 aromatic rings. The molecule has 3 aromatic heterocycles. The molecule has 0 atom stereocenters. The van der Waals surface area contributed by atoms with Crippen molar-refractivity contribution in [3.63, 3.8) is 0 Å². The molecule has 0 unspecified atom stereocenters. The van der Waals surface area contributed by atoms with E-state index in [9.17, 15) is 0 Å². The summed E-state index contributed by atoms with van der Waals surface area (Å²) in [5, 5.41) is 7.52. The van der Waals surface area contributed by atoms with Gasteiger partial charge in [-0.15, -0.1) is 0 Å². The predicted octanol–water partition coefficient (Wildman–Crippen LogP) is 12.6. The fourth-order valence-electron chi connectivity index (χ4n) is 8.44. The second kappa shape index (κ2) is 10.8. The van der Waals surface area contributed by atoms with E-state index >= 15 is 0 Å². The third-order valence-electron chi connectivity index (χ3n) is 10.6. The van der Waals surface area contributed by atoms with E-state index in [1.54, 1.807) is 0 Å². The summed E-state index contributed by atoms with van der Waals surface area (Å²) < 4.78 is 7.33. The van der Waals surface area contributed by atoms with Crippen LogP contribution in [0.4, 0.5) is 0 Å². The van der Waals surface area contributed by atoms with Crippen LogP contribution in [-0.4, -0.2) is 13.7 Å². The Hall–Kier alpha value is -6.84. The Labute approximate surface area is 294 Å². The van der Waals surface area contributed by atoms with E-state index in [0.717, 1.165) is 17.1 Å². The van der Waals surface area contributed by atoms with E-state index in [2.05, 4.69) is 202 Å². The molecule has 0 bridgehead atoms. The maximum atomic E-state index is 2.47. The molecule has 51 heavy (non-hydrogen) atoms. The highest BCUT2D eigenvalue weighted by atomic mass is 15.0. The van der Waals surface area contributed by atoms with Crippen molar-refractivity contribution >= 4 is 65.4 Å². The molecule has 3 nitrogen and oxygen atoms in total. The van der Waals surface area contributed by atoms with E-state index in [1.165, 1.54) is 76.5 Å². The van der Waals surface area contributed by atoms with Gasteiger partial charge in [-0.05, 0) is 71.8 Å². The molecule has 238 valence electrons. The van der Waals surface area contributed by atoms with Crippen molar-refractivity contribution in [2.24, 2.45) is 0 Å². The van der Waals surface area contributed by atoms with Gasteiger partial charge in [-0.25, -0.2) is 0 Å². The molecule has 11 rings (SSSR count). The lowest BCUT2D eigenvalue weighted by Crippen LogP contribution is -2.00. The van der Waals surface area contributed by atoms with Gasteiger partial charge in [0.15, 0.2) is 0 Å². The summed E-state index contributed by atoms with van der Waals surface area (Å²) in [6.07, 6.45) is 0. The number of rotatable bonds is 4. The Morgan fingerprint density at radius 1 is 0.235 bits per heavy atom. The van der Waals surface area contributed by atoms with Gasteiger partial charge in [-0.3, -0.25) is 0 Å². The number of aromatic nitrogens is 3. The van der Waals surface area contributed by atoms with E-state index < -0.39 is 0 Å².